The molecule has 0 aliphatic heterocycles. The van der Waals surface area contributed by atoms with Gasteiger partial charge >= 0.3 is 0 Å². The first-order valence-electron chi connectivity index (χ1n) is 5.59. The summed E-state index contributed by atoms with van der Waals surface area (Å²) in [5.41, 5.74) is 7.43. The third kappa shape index (κ3) is 2.68. The summed E-state index contributed by atoms with van der Waals surface area (Å²) >= 11 is 5.05. The summed E-state index contributed by atoms with van der Waals surface area (Å²) in [4.78, 5) is 6.81. The summed E-state index contributed by atoms with van der Waals surface area (Å²) in [6.07, 6.45) is 1.65. The van der Waals surface area contributed by atoms with Gasteiger partial charge < -0.3 is 15.1 Å². The lowest BCUT2D eigenvalue weighted by molar-refractivity contribution is 0.507. The van der Waals surface area contributed by atoms with Crippen LogP contribution >= 0.6 is 12.2 Å². The van der Waals surface area contributed by atoms with Crippen molar-refractivity contribution in [1.29, 1.82) is 0 Å². The minimum absolute atomic E-state index is 0.351. The van der Waals surface area contributed by atoms with Gasteiger partial charge in [0.2, 0.25) is 0 Å². The van der Waals surface area contributed by atoms with Gasteiger partial charge in [-0.05, 0) is 31.2 Å². The van der Waals surface area contributed by atoms with E-state index in [4.69, 9.17) is 22.4 Å². The van der Waals surface area contributed by atoms with Gasteiger partial charge in [0, 0.05) is 12.7 Å². The molecule has 0 saturated carbocycles. The van der Waals surface area contributed by atoms with Crippen molar-refractivity contribution < 1.29 is 4.42 Å². The van der Waals surface area contributed by atoms with Gasteiger partial charge in [0.05, 0.1) is 18.4 Å². The van der Waals surface area contributed by atoms with E-state index in [2.05, 4.69) is 4.98 Å². The molecule has 4 nitrogen and oxygen atoms in total. The monoisotopic (exact) mass is 261 g/mol. The Bertz CT molecular complexity index is 551. The summed E-state index contributed by atoms with van der Waals surface area (Å²) in [6.45, 7) is 2.56. The van der Waals surface area contributed by atoms with E-state index in [0.29, 0.717) is 11.5 Å². The van der Waals surface area contributed by atoms with Gasteiger partial charge in [-0.25, -0.2) is 4.98 Å². The zero-order valence-electron chi connectivity index (χ0n) is 10.4. The number of thiocarbonyl (C=S) groups is 1. The fraction of sp³-hybridized carbons (Fsp3) is 0.231. The lowest BCUT2D eigenvalue weighted by Gasteiger charge is -2.20. The number of furan rings is 1. The quantitative estimate of drug-likeness (QED) is 0.855. The number of aromatic nitrogens is 1. The van der Waals surface area contributed by atoms with Crippen molar-refractivity contribution in [3.63, 3.8) is 0 Å². The number of nitrogens with zero attached hydrogens (tertiary/aromatic N) is 2. The molecule has 0 radical (unpaired) electrons. The van der Waals surface area contributed by atoms with E-state index in [0.717, 1.165) is 22.8 Å². The third-order valence-corrected chi connectivity index (χ3v) is 2.83. The van der Waals surface area contributed by atoms with E-state index < -0.39 is 0 Å². The van der Waals surface area contributed by atoms with Gasteiger partial charge in [-0.2, -0.15) is 0 Å². The SMILES string of the molecule is Cc1ccc(C(N)=S)c(N(C)Cc2ccco2)n1. The van der Waals surface area contributed by atoms with Gasteiger partial charge in [0.1, 0.15) is 16.6 Å². The average molecular weight is 261 g/mol. The minimum atomic E-state index is 0.351. The standard InChI is InChI=1S/C13H15N3OS/c1-9-5-6-11(12(14)18)13(15-9)16(2)8-10-4-3-7-17-10/h3-7H,8H2,1-2H3,(H2,14,18). The maximum atomic E-state index is 5.72. The molecule has 0 saturated heterocycles. The second-order valence-corrected chi connectivity index (χ2v) is 4.56. The number of nitrogens with two attached hydrogens (primary N) is 1. The van der Waals surface area contributed by atoms with Crippen LogP contribution in [0.25, 0.3) is 0 Å². The smallest absolute Gasteiger partial charge is 0.139 e. The normalized spacial score (nSPS) is 10.3. The zero-order chi connectivity index (χ0) is 13.1. The first-order valence-corrected chi connectivity index (χ1v) is 5.99. The average Bonchev–Trinajstić information content (AvgIpc) is 2.81. The summed E-state index contributed by atoms with van der Waals surface area (Å²) in [7, 11) is 1.94. The van der Waals surface area contributed by atoms with Gasteiger partial charge in [-0.1, -0.05) is 12.2 Å². The van der Waals surface area contributed by atoms with Crippen LogP contribution in [0.1, 0.15) is 17.0 Å². The Kier molecular flexibility index (Phi) is 3.62. The summed E-state index contributed by atoms with van der Waals surface area (Å²) in [5.74, 6) is 1.65. The molecule has 0 aliphatic rings. The number of hydrogen-bond acceptors (Lipinski definition) is 4. The first kappa shape index (κ1) is 12.6. The lowest BCUT2D eigenvalue weighted by Crippen LogP contribution is -2.23. The number of pyridine rings is 1. The molecule has 0 amide bonds. The van der Waals surface area contributed by atoms with Crippen LogP contribution in [0.3, 0.4) is 0 Å². The Hall–Kier alpha value is -1.88. The van der Waals surface area contributed by atoms with Crippen LogP contribution in [-0.4, -0.2) is 17.0 Å². The van der Waals surface area contributed by atoms with E-state index in [1.165, 1.54) is 0 Å². The Labute approximate surface area is 111 Å². The Balaban J connectivity index is 2.31. The number of aryl methyl sites for hydroxylation is 1. The molecule has 0 aliphatic carbocycles. The molecule has 0 atom stereocenters. The molecule has 2 aromatic rings. The Morgan fingerprint density at radius 1 is 1.44 bits per heavy atom. The largest absolute Gasteiger partial charge is 0.467 e. The molecule has 0 aromatic carbocycles. The van der Waals surface area contributed by atoms with Crippen LogP contribution in [-0.2, 0) is 6.54 Å². The molecule has 18 heavy (non-hydrogen) atoms. The molecule has 94 valence electrons. The highest BCUT2D eigenvalue weighted by Gasteiger charge is 2.13. The number of anilines is 1. The number of hydrogen-bond donors (Lipinski definition) is 1. The van der Waals surface area contributed by atoms with Crippen LogP contribution in [0, 0.1) is 6.92 Å². The van der Waals surface area contributed by atoms with Crippen molar-refractivity contribution in [2.45, 2.75) is 13.5 Å². The highest BCUT2D eigenvalue weighted by atomic mass is 32.1. The van der Waals surface area contributed by atoms with Gasteiger partial charge in [-0.15, -0.1) is 0 Å². The van der Waals surface area contributed by atoms with Crippen LogP contribution in [0.4, 0.5) is 5.82 Å². The molecule has 0 unspecified atom stereocenters. The van der Waals surface area contributed by atoms with Crippen molar-refractivity contribution in [1.82, 2.24) is 4.98 Å². The predicted octanol–water partition coefficient (Wildman–Crippen LogP) is 2.25. The van der Waals surface area contributed by atoms with E-state index in [1.807, 2.05) is 43.1 Å². The van der Waals surface area contributed by atoms with Crippen LogP contribution in [0.15, 0.2) is 34.9 Å². The first-order chi connectivity index (χ1) is 8.58. The lowest BCUT2D eigenvalue weighted by atomic mass is 10.2. The molecular weight excluding hydrogens is 246 g/mol. The zero-order valence-corrected chi connectivity index (χ0v) is 11.2. The minimum Gasteiger partial charge on any atom is -0.467 e. The third-order valence-electron chi connectivity index (χ3n) is 2.61. The summed E-state index contributed by atoms with van der Waals surface area (Å²) in [5, 5.41) is 0. The van der Waals surface area contributed by atoms with Gasteiger partial charge in [0.25, 0.3) is 0 Å². The number of rotatable bonds is 4. The van der Waals surface area contributed by atoms with E-state index >= 15 is 0 Å². The molecular formula is C13H15N3OS. The summed E-state index contributed by atoms with van der Waals surface area (Å²) in [6, 6.07) is 7.59. The molecule has 2 heterocycles. The predicted molar refractivity (Wildman–Crippen MR) is 75.7 cm³/mol. The molecule has 2 rings (SSSR count). The molecule has 2 aromatic heterocycles. The molecule has 0 bridgehead atoms. The molecule has 0 spiro atoms. The van der Waals surface area contributed by atoms with Crippen molar-refractivity contribution >= 4 is 23.0 Å². The van der Waals surface area contributed by atoms with Crippen molar-refractivity contribution in [3.8, 4) is 0 Å². The van der Waals surface area contributed by atoms with Gasteiger partial charge in [0.15, 0.2) is 0 Å². The van der Waals surface area contributed by atoms with Crippen LogP contribution in [0.5, 0.6) is 0 Å². The Morgan fingerprint density at radius 2 is 2.22 bits per heavy atom. The van der Waals surface area contributed by atoms with Crippen molar-refractivity contribution in [2.75, 3.05) is 11.9 Å². The second kappa shape index (κ2) is 5.18. The van der Waals surface area contributed by atoms with Crippen molar-refractivity contribution in [3.05, 3.63) is 47.5 Å². The molecule has 0 fully saturated rings. The van der Waals surface area contributed by atoms with Gasteiger partial charge in [-0.3, -0.25) is 0 Å². The second-order valence-electron chi connectivity index (χ2n) is 4.12. The summed E-state index contributed by atoms with van der Waals surface area (Å²) < 4.78 is 5.32. The topological polar surface area (TPSA) is 55.3 Å². The highest BCUT2D eigenvalue weighted by Crippen LogP contribution is 2.19. The van der Waals surface area contributed by atoms with E-state index in [9.17, 15) is 0 Å². The maximum absolute atomic E-state index is 5.72. The van der Waals surface area contributed by atoms with E-state index in [1.54, 1.807) is 6.26 Å². The van der Waals surface area contributed by atoms with E-state index in [-0.39, 0.29) is 0 Å². The maximum Gasteiger partial charge on any atom is 0.139 e. The van der Waals surface area contributed by atoms with Crippen LogP contribution < -0.4 is 10.6 Å². The Morgan fingerprint density at radius 3 is 2.83 bits per heavy atom. The fourth-order valence-electron chi connectivity index (χ4n) is 1.74. The van der Waals surface area contributed by atoms with Crippen LogP contribution in [0.2, 0.25) is 0 Å². The fourth-order valence-corrected chi connectivity index (χ4v) is 1.90. The highest BCUT2D eigenvalue weighted by molar-refractivity contribution is 7.80. The van der Waals surface area contributed by atoms with Crippen molar-refractivity contribution in [2.24, 2.45) is 5.73 Å². The molecule has 5 heteroatoms. The molecule has 2 N–H and O–H groups in total.